The summed E-state index contributed by atoms with van der Waals surface area (Å²) < 4.78 is 26.8. The van der Waals surface area contributed by atoms with Crippen LogP contribution in [0.4, 0.5) is 5.13 Å². The molecule has 0 unspecified atom stereocenters. The Kier molecular flexibility index (Phi) is 8.27. The zero-order valence-electron chi connectivity index (χ0n) is 20.5. The van der Waals surface area contributed by atoms with E-state index in [1.165, 1.54) is 28.6 Å². The number of benzene rings is 3. The number of nitrogens with one attached hydrogen (secondary N) is 1. The number of unbranched alkanes of at least 4 members (excludes halogenated alkanes) is 1. The number of aromatic nitrogens is 1. The normalized spacial score (nSPS) is 11.4. The quantitative estimate of drug-likeness (QED) is 0.263. The molecule has 1 N–H and O–H groups in total. The number of nitrogens with zero attached hydrogens (tertiary/aromatic N) is 2. The molecule has 0 aliphatic heterocycles. The number of hydrogen-bond donors (Lipinski definition) is 1. The van der Waals surface area contributed by atoms with Gasteiger partial charge in [0, 0.05) is 30.3 Å². The number of ketones is 1. The molecule has 0 saturated heterocycles. The molecular formula is C28H27N3O4S2. The molecule has 37 heavy (non-hydrogen) atoms. The fourth-order valence-corrected chi connectivity index (χ4v) is 5.82. The molecule has 7 nitrogen and oxygen atoms in total. The Labute approximate surface area is 220 Å². The molecule has 190 valence electrons. The molecule has 0 aliphatic carbocycles. The van der Waals surface area contributed by atoms with Crippen molar-refractivity contribution in [3.63, 3.8) is 0 Å². The molecule has 0 radical (unpaired) electrons. The summed E-state index contributed by atoms with van der Waals surface area (Å²) in [6.07, 6.45) is 1.66. The van der Waals surface area contributed by atoms with E-state index in [9.17, 15) is 18.0 Å². The number of thiazole rings is 1. The van der Waals surface area contributed by atoms with Crippen LogP contribution in [0.15, 0.2) is 89.8 Å². The van der Waals surface area contributed by atoms with Gasteiger partial charge in [0.15, 0.2) is 5.13 Å². The highest BCUT2D eigenvalue weighted by molar-refractivity contribution is 7.89. The third kappa shape index (κ3) is 6.02. The van der Waals surface area contributed by atoms with Gasteiger partial charge < -0.3 is 0 Å². The number of hydrogen-bond acceptors (Lipinski definition) is 6. The van der Waals surface area contributed by atoms with Gasteiger partial charge in [-0.1, -0.05) is 85.3 Å². The topological polar surface area (TPSA) is 96.4 Å². The summed E-state index contributed by atoms with van der Waals surface area (Å²) in [5, 5.41) is 3.04. The molecule has 0 atom stereocenters. The SMILES string of the molecule is CCCCN(C)S(=O)(=O)c1ccc(C(=O)Nc2nc(-c3ccccc3)c(C(=O)c3ccccc3)s2)cc1. The highest BCUT2D eigenvalue weighted by atomic mass is 32.2. The Balaban J connectivity index is 1.58. The first-order chi connectivity index (χ1) is 17.8. The molecule has 3 aromatic carbocycles. The Morgan fingerprint density at radius 3 is 2.14 bits per heavy atom. The Hall–Kier alpha value is -3.66. The number of anilines is 1. The fourth-order valence-electron chi connectivity index (χ4n) is 3.67. The highest BCUT2D eigenvalue weighted by Gasteiger charge is 2.23. The summed E-state index contributed by atoms with van der Waals surface area (Å²) in [6, 6.07) is 24.0. The van der Waals surface area contributed by atoms with Crippen LogP contribution >= 0.6 is 11.3 Å². The first-order valence-corrected chi connectivity index (χ1v) is 14.1. The van der Waals surface area contributed by atoms with E-state index in [4.69, 9.17) is 0 Å². The maximum atomic E-state index is 13.3. The van der Waals surface area contributed by atoms with Crippen molar-refractivity contribution in [1.29, 1.82) is 0 Å². The minimum Gasteiger partial charge on any atom is -0.298 e. The average Bonchev–Trinajstić information content (AvgIpc) is 3.35. The molecule has 1 amide bonds. The van der Waals surface area contributed by atoms with Gasteiger partial charge in [0.05, 0.1) is 10.6 Å². The minimum absolute atomic E-state index is 0.124. The standard InChI is InChI=1S/C28H27N3O4S2/c1-3-4-19-31(2)37(34,35)23-17-15-22(16-18-23)27(33)30-28-29-24(20-11-7-5-8-12-20)26(36-28)25(32)21-13-9-6-10-14-21/h5-18H,3-4,19H2,1-2H3,(H,29,30,33). The van der Waals surface area contributed by atoms with Crippen LogP contribution in [0, 0.1) is 0 Å². The summed E-state index contributed by atoms with van der Waals surface area (Å²) in [5.74, 6) is -0.630. The summed E-state index contributed by atoms with van der Waals surface area (Å²) in [6.45, 7) is 2.43. The second-order valence-corrected chi connectivity index (χ2v) is 11.5. The van der Waals surface area contributed by atoms with Crippen LogP contribution in [0.25, 0.3) is 11.3 Å². The van der Waals surface area contributed by atoms with Crippen LogP contribution in [-0.4, -0.2) is 43.0 Å². The molecule has 0 bridgehead atoms. The van der Waals surface area contributed by atoms with Crippen LogP contribution < -0.4 is 5.32 Å². The third-order valence-electron chi connectivity index (χ3n) is 5.79. The van der Waals surface area contributed by atoms with Crippen LogP contribution in [0.1, 0.15) is 45.4 Å². The number of carbonyl (C=O) groups is 2. The predicted octanol–water partition coefficient (Wildman–Crippen LogP) is 5.71. The monoisotopic (exact) mass is 533 g/mol. The molecule has 0 aliphatic rings. The maximum Gasteiger partial charge on any atom is 0.257 e. The molecule has 0 fully saturated rings. The van der Waals surface area contributed by atoms with Crippen molar-refractivity contribution in [3.05, 3.63) is 101 Å². The van der Waals surface area contributed by atoms with Crippen molar-refractivity contribution in [2.45, 2.75) is 24.7 Å². The molecule has 0 spiro atoms. The van der Waals surface area contributed by atoms with Gasteiger partial charge in [0.25, 0.3) is 5.91 Å². The number of amides is 1. The Bertz CT molecular complexity index is 1480. The molecule has 1 heterocycles. The van der Waals surface area contributed by atoms with E-state index in [2.05, 4.69) is 10.3 Å². The number of rotatable bonds is 10. The van der Waals surface area contributed by atoms with E-state index in [0.717, 1.165) is 29.7 Å². The van der Waals surface area contributed by atoms with Gasteiger partial charge in [-0.3, -0.25) is 14.9 Å². The van der Waals surface area contributed by atoms with Gasteiger partial charge in [-0.15, -0.1) is 0 Å². The maximum absolute atomic E-state index is 13.3. The van der Waals surface area contributed by atoms with Crippen molar-refractivity contribution in [3.8, 4) is 11.3 Å². The molecule has 4 aromatic rings. The lowest BCUT2D eigenvalue weighted by Crippen LogP contribution is -2.28. The van der Waals surface area contributed by atoms with E-state index < -0.39 is 15.9 Å². The lowest BCUT2D eigenvalue weighted by molar-refractivity contribution is 0.102. The predicted molar refractivity (Wildman–Crippen MR) is 147 cm³/mol. The highest BCUT2D eigenvalue weighted by Crippen LogP contribution is 2.33. The van der Waals surface area contributed by atoms with Gasteiger partial charge in [0.2, 0.25) is 15.8 Å². The Morgan fingerprint density at radius 2 is 1.51 bits per heavy atom. The zero-order valence-corrected chi connectivity index (χ0v) is 22.2. The molecular weight excluding hydrogens is 506 g/mol. The smallest absolute Gasteiger partial charge is 0.257 e. The van der Waals surface area contributed by atoms with E-state index in [0.29, 0.717) is 22.7 Å². The average molecular weight is 534 g/mol. The Morgan fingerprint density at radius 1 is 0.892 bits per heavy atom. The van der Waals surface area contributed by atoms with E-state index in [-0.39, 0.29) is 21.4 Å². The number of carbonyl (C=O) groups excluding carboxylic acids is 2. The van der Waals surface area contributed by atoms with Gasteiger partial charge in [-0.2, -0.15) is 0 Å². The van der Waals surface area contributed by atoms with Crippen LogP contribution in [0.2, 0.25) is 0 Å². The van der Waals surface area contributed by atoms with Crippen molar-refractivity contribution in [2.24, 2.45) is 0 Å². The van der Waals surface area contributed by atoms with Crippen molar-refractivity contribution in [2.75, 3.05) is 18.9 Å². The second-order valence-electron chi connectivity index (χ2n) is 8.42. The number of sulfonamides is 1. The molecule has 9 heteroatoms. The minimum atomic E-state index is -3.63. The van der Waals surface area contributed by atoms with Crippen LogP contribution in [0.3, 0.4) is 0 Å². The summed E-state index contributed by atoms with van der Waals surface area (Å²) in [5.41, 5.74) is 2.07. The summed E-state index contributed by atoms with van der Waals surface area (Å²) >= 11 is 1.10. The van der Waals surface area contributed by atoms with Crippen molar-refractivity contribution >= 4 is 38.2 Å². The third-order valence-corrected chi connectivity index (χ3v) is 8.63. The van der Waals surface area contributed by atoms with E-state index in [1.807, 2.05) is 43.3 Å². The van der Waals surface area contributed by atoms with Gasteiger partial charge in [-0.25, -0.2) is 17.7 Å². The first-order valence-electron chi connectivity index (χ1n) is 11.8. The molecule has 4 rings (SSSR count). The van der Waals surface area contributed by atoms with Crippen LogP contribution in [0.5, 0.6) is 0 Å². The second kappa shape index (κ2) is 11.6. The van der Waals surface area contributed by atoms with E-state index in [1.54, 1.807) is 31.3 Å². The fraction of sp³-hybridized carbons (Fsp3) is 0.179. The molecule has 1 aromatic heterocycles. The zero-order chi connectivity index (χ0) is 26.4. The largest absolute Gasteiger partial charge is 0.298 e. The van der Waals surface area contributed by atoms with E-state index >= 15 is 0 Å². The summed E-state index contributed by atoms with van der Waals surface area (Å²) in [4.78, 5) is 31.3. The van der Waals surface area contributed by atoms with Crippen molar-refractivity contribution < 1.29 is 18.0 Å². The van der Waals surface area contributed by atoms with Gasteiger partial charge in [0.1, 0.15) is 4.88 Å². The van der Waals surface area contributed by atoms with Crippen LogP contribution in [-0.2, 0) is 10.0 Å². The van der Waals surface area contributed by atoms with Crippen molar-refractivity contribution in [1.82, 2.24) is 9.29 Å². The van der Waals surface area contributed by atoms with Gasteiger partial charge >= 0.3 is 0 Å². The molecule has 0 saturated carbocycles. The van der Waals surface area contributed by atoms with Gasteiger partial charge in [-0.05, 0) is 30.7 Å². The summed E-state index contributed by atoms with van der Waals surface area (Å²) in [7, 11) is -2.08. The first kappa shape index (κ1) is 26.4. The lowest BCUT2D eigenvalue weighted by Gasteiger charge is -2.16. The lowest BCUT2D eigenvalue weighted by atomic mass is 10.1.